The van der Waals surface area contributed by atoms with Gasteiger partial charge >= 0.3 is 5.97 Å². The van der Waals surface area contributed by atoms with Crippen LogP contribution in [0.15, 0.2) is 58.6 Å². The second-order valence-electron chi connectivity index (χ2n) is 5.80. The molecule has 0 fully saturated rings. The van der Waals surface area contributed by atoms with Gasteiger partial charge in [0, 0.05) is 0 Å². The molecule has 0 bridgehead atoms. The number of nitrogens with one attached hydrogen (secondary N) is 1. The first-order valence-electron chi connectivity index (χ1n) is 8.42. The normalized spacial score (nSPS) is 11.3. The summed E-state index contributed by atoms with van der Waals surface area (Å²) < 4.78 is 11.2. The van der Waals surface area contributed by atoms with Crippen molar-refractivity contribution in [3.05, 3.63) is 70.4 Å². The smallest absolute Gasteiger partial charge is 0.342 e. The van der Waals surface area contributed by atoms with Crippen LogP contribution in [0.1, 0.15) is 17.0 Å². The van der Waals surface area contributed by atoms with E-state index in [1.54, 1.807) is 38.3 Å². The lowest BCUT2D eigenvalue weighted by Gasteiger charge is -2.11. The van der Waals surface area contributed by atoms with Crippen molar-refractivity contribution in [3.63, 3.8) is 0 Å². The quantitative estimate of drug-likeness (QED) is 0.439. The van der Waals surface area contributed by atoms with E-state index in [0.717, 1.165) is 17.3 Å². The van der Waals surface area contributed by atoms with Crippen LogP contribution >= 0.6 is 11.8 Å². The second kappa shape index (κ2) is 9.09. The number of aromatic nitrogens is 3. The maximum atomic E-state index is 11.6. The molecule has 0 aliphatic rings. The number of ether oxygens (including phenoxy) is 2. The van der Waals surface area contributed by atoms with Crippen molar-refractivity contribution < 1.29 is 19.4 Å². The maximum Gasteiger partial charge on any atom is 0.342 e. The number of carboxylic acids is 1. The third kappa shape index (κ3) is 5.14. The van der Waals surface area contributed by atoms with Crippen molar-refractivity contribution in [1.29, 1.82) is 0 Å². The van der Waals surface area contributed by atoms with Crippen molar-refractivity contribution in [2.24, 2.45) is 0 Å². The molecule has 0 spiro atoms. The van der Waals surface area contributed by atoms with Crippen LogP contribution in [0.4, 0.5) is 0 Å². The Morgan fingerprint density at radius 3 is 2.64 bits per heavy atom. The highest BCUT2D eigenvalue weighted by Gasteiger charge is 2.14. The lowest BCUT2D eigenvalue weighted by atomic mass is 10.2. The van der Waals surface area contributed by atoms with Crippen LogP contribution in [0.25, 0.3) is 6.08 Å². The number of carboxylic acid groups (broad SMARTS) is 1. The fourth-order valence-electron chi connectivity index (χ4n) is 2.38. The van der Waals surface area contributed by atoms with Crippen molar-refractivity contribution in [2.75, 3.05) is 7.11 Å². The SMILES string of the molecule is COc1cc(C=C(Sc2n[nH]c(C)n2)C(=O)O)ccc1OCc1ccccc1. The van der Waals surface area contributed by atoms with Gasteiger partial charge in [0.2, 0.25) is 5.16 Å². The molecule has 1 heterocycles. The first-order chi connectivity index (χ1) is 13.5. The Morgan fingerprint density at radius 2 is 2.00 bits per heavy atom. The molecule has 8 heteroatoms. The standard InChI is InChI=1S/C20H19N3O4S/c1-13-21-20(23-22-13)28-18(19(24)25)11-15-8-9-16(17(10-15)26-2)27-12-14-6-4-3-5-7-14/h3-11H,12H2,1-2H3,(H,24,25)(H,21,22,23). The van der Waals surface area contributed by atoms with Crippen molar-refractivity contribution in [3.8, 4) is 11.5 Å². The number of benzene rings is 2. The fourth-order valence-corrected chi connectivity index (χ4v) is 3.13. The van der Waals surface area contributed by atoms with E-state index in [-0.39, 0.29) is 4.91 Å². The Labute approximate surface area is 166 Å². The number of rotatable bonds is 8. The molecular formula is C20H19N3O4S. The second-order valence-corrected chi connectivity index (χ2v) is 6.81. The summed E-state index contributed by atoms with van der Waals surface area (Å²) >= 11 is 0.974. The molecule has 0 unspecified atom stereocenters. The summed E-state index contributed by atoms with van der Waals surface area (Å²) in [6, 6.07) is 15.1. The Bertz CT molecular complexity index is 986. The van der Waals surface area contributed by atoms with E-state index in [1.165, 1.54) is 0 Å². The Hall–Kier alpha value is -3.26. The molecule has 0 atom stereocenters. The number of aliphatic carboxylic acids is 1. The van der Waals surface area contributed by atoms with Crippen molar-refractivity contribution in [1.82, 2.24) is 15.2 Å². The Kier molecular flexibility index (Phi) is 6.33. The van der Waals surface area contributed by atoms with Crippen LogP contribution in [-0.4, -0.2) is 33.4 Å². The molecule has 3 rings (SSSR count). The van der Waals surface area contributed by atoms with Crippen LogP contribution in [0, 0.1) is 6.92 Å². The molecule has 2 aromatic carbocycles. The van der Waals surface area contributed by atoms with E-state index in [0.29, 0.717) is 34.7 Å². The largest absolute Gasteiger partial charge is 0.493 e. The number of carbonyl (C=O) groups is 1. The number of thioether (sulfide) groups is 1. The number of hydrogen-bond acceptors (Lipinski definition) is 6. The third-order valence-electron chi connectivity index (χ3n) is 3.71. The van der Waals surface area contributed by atoms with Gasteiger partial charge in [0.1, 0.15) is 17.3 Å². The van der Waals surface area contributed by atoms with E-state index in [2.05, 4.69) is 15.2 Å². The average molecular weight is 397 g/mol. The average Bonchev–Trinajstić information content (AvgIpc) is 3.11. The third-order valence-corrected chi connectivity index (χ3v) is 4.59. The van der Waals surface area contributed by atoms with Gasteiger partial charge in [-0.15, -0.1) is 5.10 Å². The fraction of sp³-hybridized carbons (Fsp3) is 0.150. The van der Waals surface area contributed by atoms with Crippen molar-refractivity contribution >= 4 is 23.8 Å². The molecule has 0 aliphatic carbocycles. The molecule has 0 saturated heterocycles. The predicted molar refractivity (Wildman–Crippen MR) is 106 cm³/mol. The number of aromatic amines is 1. The van der Waals surface area contributed by atoms with Crippen LogP contribution < -0.4 is 9.47 Å². The molecule has 0 radical (unpaired) electrons. The highest BCUT2D eigenvalue weighted by Crippen LogP contribution is 2.31. The highest BCUT2D eigenvalue weighted by atomic mass is 32.2. The van der Waals surface area contributed by atoms with Gasteiger partial charge in [-0.1, -0.05) is 36.4 Å². The summed E-state index contributed by atoms with van der Waals surface area (Å²) in [6.45, 7) is 2.16. The van der Waals surface area contributed by atoms with Gasteiger partial charge in [0.15, 0.2) is 11.5 Å². The minimum atomic E-state index is -1.06. The summed E-state index contributed by atoms with van der Waals surface area (Å²) in [6.07, 6.45) is 1.54. The number of nitrogens with zero attached hydrogens (tertiary/aromatic N) is 2. The van der Waals surface area contributed by atoms with Crippen LogP contribution in [0.5, 0.6) is 11.5 Å². The van der Waals surface area contributed by atoms with E-state index < -0.39 is 5.97 Å². The highest BCUT2D eigenvalue weighted by molar-refractivity contribution is 8.04. The molecule has 28 heavy (non-hydrogen) atoms. The summed E-state index contributed by atoms with van der Waals surface area (Å²) in [7, 11) is 1.54. The summed E-state index contributed by atoms with van der Waals surface area (Å²) in [4.78, 5) is 15.8. The molecule has 0 amide bonds. The lowest BCUT2D eigenvalue weighted by Crippen LogP contribution is -1.99. The molecule has 3 aromatic rings. The minimum absolute atomic E-state index is 0.0963. The van der Waals surface area contributed by atoms with Gasteiger partial charge in [-0.3, -0.25) is 5.10 Å². The first-order valence-corrected chi connectivity index (χ1v) is 9.23. The molecule has 0 aliphatic heterocycles. The van der Waals surface area contributed by atoms with E-state index >= 15 is 0 Å². The monoisotopic (exact) mass is 397 g/mol. The maximum absolute atomic E-state index is 11.6. The van der Waals surface area contributed by atoms with Gasteiger partial charge in [0.25, 0.3) is 0 Å². The molecule has 0 saturated carbocycles. The van der Waals surface area contributed by atoms with Gasteiger partial charge in [-0.25, -0.2) is 9.78 Å². The lowest BCUT2D eigenvalue weighted by molar-refractivity contribution is -0.131. The van der Waals surface area contributed by atoms with E-state index in [9.17, 15) is 9.90 Å². The van der Waals surface area contributed by atoms with E-state index in [1.807, 2.05) is 30.3 Å². The van der Waals surface area contributed by atoms with Gasteiger partial charge in [-0.2, -0.15) is 0 Å². The van der Waals surface area contributed by atoms with E-state index in [4.69, 9.17) is 9.47 Å². The molecule has 144 valence electrons. The van der Waals surface area contributed by atoms with Crippen LogP contribution in [0.3, 0.4) is 0 Å². The number of aryl methyl sites for hydroxylation is 1. The Balaban J connectivity index is 1.79. The number of hydrogen-bond donors (Lipinski definition) is 2. The summed E-state index contributed by atoms with van der Waals surface area (Å²) in [5.41, 5.74) is 1.71. The van der Waals surface area contributed by atoms with Crippen LogP contribution in [0.2, 0.25) is 0 Å². The first kappa shape index (κ1) is 19.5. The number of H-pyrrole nitrogens is 1. The topological polar surface area (TPSA) is 97.3 Å². The summed E-state index contributed by atoms with van der Waals surface area (Å²) in [5, 5.41) is 16.5. The van der Waals surface area contributed by atoms with Crippen LogP contribution in [-0.2, 0) is 11.4 Å². The van der Waals surface area contributed by atoms with Gasteiger partial charge < -0.3 is 14.6 Å². The van der Waals surface area contributed by atoms with Gasteiger partial charge in [0.05, 0.1) is 7.11 Å². The Morgan fingerprint density at radius 1 is 1.21 bits per heavy atom. The molecular weight excluding hydrogens is 378 g/mol. The number of methoxy groups -OCH3 is 1. The van der Waals surface area contributed by atoms with Crippen molar-refractivity contribution in [2.45, 2.75) is 18.7 Å². The zero-order valence-electron chi connectivity index (χ0n) is 15.4. The summed E-state index contributed by atoms with van der Waals surface area (Å²) in [5.74, 6) is 0.662. The predicted octanol–water partition coefficient (Wildman–Crippen LogP) is 3.92. The zero-order chi connectivity index (χ0) is 19.9. The molecule has 2 N–H and O–H groups in total. The zero-order valence-corrected chi connectivity index (χ0v) is 16.2. The molecule has 1 aromatic heterocycles. The molecule has 7 nitrogen and oxygen atoms in total. The minimum Gasteiger partial charge on any atom is -0.493 e. The van der Waals surface area contributed by atoms with Gasteiger partial charge in [-0.05, 0) is 48.0 Å².